The zero-order chi connectivity index (χ0) is 16.7. The number of ether oxygens (including phenoxy) is 1. The molecule has 1 N–H and O–H groups in total. The van der Waals surface area contributed by atoms with Crippen LogP contribution in [0.2, 0.25) is 0 Å². The molecule has 0 saturated heterocycles. The Bertz CT molecular complexity index is 619. The Morgan fingerprint density at radius 3 is 2.70 bits per heavy atom. The second-order valence-corrected chi connectivity index (χ2v) is 6.40. The number of rotatable bonds is 9. The summed E-state index contributed by atoms with van der Waals surface area (Å²) < 4.78 is 10.7. The normalized spacial score (nSPS) is 11.6. The summed E-state index contributed by atoms with van der Waals surface area (Å²) in [7, 11) is 0. The van der Waals surface area contributed by atoms with E-state index in [1.807, 2.05) is 44.2 Å². The zero-order valence-electron chi connectivity index (χ0n) is 13.6. The smallest absolute Gasteiger partial charge is 0.184 e. The molecule has 0 aliphatic heterocycles. The van der Waals surface area contributed by atoms with Gasteiger partial charge in [-0.3, -0.25) is 4.79 Å². The van der Waals surface area contributed by atoms with E-state index in [2.05, 4.69) is 5.16 Å². The molecule has 1 aromatic heterocycles. The first-order valence-electron chi connectivity index (χ1n) is 7.71. The molecule has 124 valence electrons. The molecule has 5 heteroatoms. The summed E-state index contributed by atoms with van der Waals surface area (Å²) in [4.78, 5) is 12.1. The highest BCUT2D eigenvalue weighted by atomic mass is 16.5. The molecular formula is C18H23NO4. The molecule has 0 aliphatic carbocycles. The summed E-state index contributed by atoms with van der Waals surface area (Å²) in [6.07, 6.45) is 0.944. The molecule has 5 nitrogen and oxygen atoms in total. The minimum atomic E-state index is -0.263. The largest absolute Gasteiger partial charge is 0.396 e. The summed E-state index contributed by atoms with van der Waals surface area (Å²) in [5.74, 6) is 0.454. The Kier molecular flexibility index (Phi) is 6.07. The minimum Gasteiger partial charge on any atom is -0.396 e. The number of benzene rings is 1. The molecule has 0 fully saturated rings. The van der Waals surface area contributed by atoms with Crippen LogP contribution in [0.4, 0.5) is 0 Å². The minimum absolute atomic E-state index is 0.0532. The van der Waals surface area contributed by atoms with Gasteiger partial charge in [0.05, 0.1) is 6.61 Å². The summed E-state index contributed by atoms with van der Waals surface area (Å²) in [5, 5.41) is 13.0. The topological polar surface area (TPSA) is 72.6 Å². The van der Waals surface area contributed by atoms with Gasteiger partial charge in [0, 0.05) is 19.1 Å². The Morgan fingerprint density at radius 1 is 1.26 bits per heavy atom. The van der Waals surface area contributed by atoms with Gasteiger partial charge in [-0.2, -0.15) is 0 Å². The average Bonchev–Trinajstić information content (AvgIpc) is 3.03. The van der Waals surface area contributed by atoms with E-state index in [0.717, 1.165) is 5.56 Å². The molecule has 0 atom stereocenters. The number of aromatic nitrogens is 1. The fourth-order valence-corrected chi connectivity index (χ4v) is 2.02. The molecular weight excluding hydrogens is 294 g/mol. The maximum absolute atomic E-state index is 12.1. The summed E-state index contributed by atoms with van der Waals surface area (Å²) in [6.45, 7) is 4.66. The fourth-order valence-electron chi connectivity index (χ4n) is 2.02. The zero-order valence-corrected chi connectivity index (χ0v) is 13.6. The molecule has 0 radical (unpaired) electrons. The van der Waals surface area contributed by atoms with E-state index in [-0.39, 0.29) is 24.4 Å². The molecule has 0 saturated carbocycles. The Hall–Kier alpha value is -1.98. The summed E-state index contributed by atoms with van der Waals surface area (Å²) in [5.41, 5.74) is 1.13. The lowest BCUT2D eigenvalue weighted by atomic mass is 9.88. The van der Waals surface area contributed by atoms with Gasteiger partial charge in [-0.05, 0) is 17.4 Å². The van der Waals surface area contributed by atoms with Crippen molar-refractivity contribution in [1.82, 2.24) is 5.16 Å². The van der Waals surface area contributed by atoms with Crippen LogP contribution in [0.3, 0.4) is 0 Å². The van der Waals surface area contributed by atoms with Crippen molar-refractivity contribution in [1.29, 1.82) is 0 Å². The molecule has 1 heterocycles. The molecule has 2 aromatic rings. The predicted octanol–water partition coefficient (Wildman–Crippen LogP) is 3.37. The highest BCUT2D eigenvalue weighted by Gasteiger charge is 2.20. The van der Waals surface area contributed by atoms with E-state index >= 15 is 0 Å². The molecule has 2 rings (SSSR count). The van der Waals surface area contributed by atoms with E-state index in [9.17, 15) is 9.90 Å². The van der Waals surface area contributed by atoms with E-state index in [4.69, 9.17) is 9.26 Å². The van der Waals surface area contributed by atoms with Crippen molar-refractivity contribution >= 4 is 5.78 Å². The number of hydrogen-bond acceptors (Lipinski definition) is 5. The number of Topliss-reactive ketones (excluding diaryl/α,β-unsaturated/α-hetero) is 1. The van der Waals surface area contributed by atoms with Gasteiger partial charge in [0.15, 0.2) is 11.5 Å². The van der Waals surface area contributed by atoms with Crippen LogP contribution in [0.1, 0.15) is 48.5 Å². The monoisotopic (exact) mass is 317 g/mol. The number of aliphatic hydroxyl groups is 1. The van der Waals surface area contributed by atoms with Gasteiger partial charge in [-0.1, -0.05) is 49.3 Å². The molecule has 0 amide bonds. The van der Waals surface area contributed by atoms with Crippen LogP contribution in [0.5, 0.6) is 0 Å². The second-order valence-electron chi connectivity index (χ2n) is 6.40. The van der Waals surface area contributed by atoms with Crippen molar-refractivity contribution in [2.75, 3.05) is 6.61 Å². The average molecular weight is 317 g/mol. The van der Waals surface area contributed by atoms with Crippen LogP contribution >= 0.6 is 0 Å². The van der Waals surface area contributed by atoms with Crippen LogP contribution in [0, 0.1) is 5.41 Å². The number of hydrogen-bond donors (Lipinski definition) is 1. The third-order valence-electron chi connectivity index (χ3n) is 3.66. The summed E-state index contributed by atoms with van der Waals surface area (Å²) in [6, 6.07) is 11.5. The number of carbonyl (C=O) groups is 1. The van der Waals surface area contributed by atoms with Gasteiger partial charge in [-0.25, -0.2) is 0 Å². The Morgan fingerprint density at radius 2 is 2.00 bits per heavy atom. The Balaban J connectivity index is 1.79. The van der Waals surface area contributed by atoms with E-state index in [1.165, 1.54) is 0 Å². The number of carbonyl (C=O) groups excluding carboxylic acids is 1. The molecule has 1 aromatic carbocycles. The molecule has 0 unspecified atom stereocenters. The predicted molar refractivity (Wildman–Crippen MR) is 85.9 cm³/mol. The van der Waals surface area contributed by atoms with Crippen LogP contribution in [-0.2, 0) is 18.0 Å². The number of ketones is 1. The van der Waals surface area contributed by atoms with Crippen molar-refractivity contribution in [2.45, 2.75) is 39.9 Å². The number of nitrogens with zero attached hydrogens (tertiary/aromatic N) is 1. The standard InChI is InChI=1S/C18H23NO4/c1-18(2,13-20)9-8-17(21)16-10-15(23-19-16)12-22-11-14-6-4-3-5-7-14/h3-7,10,20H,8-9,11-13H2,1-2H3. The van der Waals surface area contributed by atoms with E-state index in [1.54, 1.807) is 6.07 Å². The maximum atomic E-state index is 12.1. The van der Waals surface area contributed by atoms with Crippen LogP contribution in [-0.4, -0.2) is 22.7 Å². The van der Waals surface area contributed by atoms with Gasteiger partial charge in [0.2, 0.25) is 0 Å². The lowest BCUT2D eigenvalue weighted by molar-refractivity contribution is 0.0876. The van der Waals surface area contributed by atoms with Crippen molar-refractivity contribution in [3.8, 4) is 0 Å². The SMILES string of the molecule is CC(C)(CO)CCC(=O)c1cc(COCc2ccccc2)on1. The van der Waals surface area contributed by atoms with E-state index in [0.29, 0.717) is 30.9 Å². The van der Waals surface area contributed by atoms with Crippen molar-refractivity contribution < 1.29 is 19.2 Å². The molecule has 23 heavy (non-hydrogen) atoms. The Labute approximate surface area is 136 Å². The van der Waals surface area contributed by atoms with Crippen LogP contribution < -0.4 is 0 Å². The van der Waals surface area contributed by atoms with Gasteiger partial charge in [-0.15, -0.1) is 0 Å². The van der Waals surface area contributed by atoms with Crippen molar-refractivity contribution in [2.24, 2.45) is 5.41 Å². The van der Waals surface area contributed by atoms with Crippen molar-refractivity contribution in [3.05, 3.63) is 53.4 Å². The lowest BCUT2D eigenvalue weighted by Gasteiger charge is -2.20. The lowest BCUT2D eigenvalue weighted by Crippen LogP contribution is -2.18. The first-order valence-corrected chi connectivity index (χ1v) is 7.71. The van der Waals surface area contributed by atoms with Crippen LogP contribution in [0.25, 0.3) is 0 Å². The first-order chi connectivity index (χ1) is 11.0. The van der Waals surface area contributed by atoms with Crippen molar-refractivity contribution in [3.63, 3.8) is 0 Å². The molecule has 0 bridgehead atoms. The molecule has 0 spiro atoms. The van der Waals surface area contributed by atoms with Crippen LogP contribution in [0.15, 0.2) is 40.9 Å². The molecule has 0 aliphatic rings. The number of aliphatic hydroxyl groups excluding tert-OH is 1. The van der Waals surface area contributed by atoms with Gasteiger partial charge >= 0.3 is 0 Å². The van der Waals surface area contributed by atoms with Gasteiger partial charge in [0.25, 0.3) is 0 Å². The van der Waals surface area contributed by atoms with Gasteiger partial charge < -0.3 is 14.4 Å². The van der Waals surface area contributed by atoms with Gasteiger partial charge in [0.1, 0.15) is 12.3 Å². The highest BCUT2D eigenvalue weighted by Crippen LogP contribution is 2.22. The third-order valence-corrected chi connectivity index (χ3v) is 3.66. The third kappa shape index (κ3) is 5.62. The quantitative estimate of drug-likeness (QED) is 0.718. The van der Waals surface area contributed by atoms with E-state index < -0.39 is 0 Å². The highest BCUT2D eigenvalue weighted by molar-refractivity contribution is 5.94. The second kappa shape index (κ2) is 8.04. The fraction of sp³-hybridized carbons (Fsp3) is 0.444. The summed E-state index contributed by atoms with van der Waals surface area (Å²) >= 11 is 0. The maximum Gasteiger partial charge on any atom is 0.184 e. The first kappa shape index (κ1) is 17.4.